The van der Waals surface area contributed by atoms with Crippen molar-refractivity contribution in [2.24, 2.45) is 0 Å². The number of anilines is 1. The minimum Gasteiger partial charge on any atom is -0.454 e. The van der Waals surface area contributed by atoms with E-state index < -0.39 is 40.0 Å². The van der Waals surface area contributed by atoms with Crippen LogP contribution in [0.25, 0.3) is 0 Å². The van der Waals surface area contributed by atoms with Gasteiger partial charge >= 0.3 is 6.16 Å². The molecule has 1 aromatic carbocycles. The number of rotatable bonds is 14. The van der Waals surface area contributed by atoms with Crippen molar-refractivity contribution in [3.63, 3.8) is 0 Å². The van der Waals surface area contributed by atoms with Gasteiger partial charge in [-0.2, -0.15) is 4.31 Å². The monoisotopic (exact) mass is 647 g/mol. The minimum absolute atomic E-state index is 0.0569. The molecule has 0 atom stereocenters. The number of aryl methyl sites for hydroxylation is 2. The predicted octanol–water partition coefficient (Wildman–Crippen LogP) is 4.26. The van der Waals surface area contributed by atoms with Crippen LogP contribution in [0.1, 0.15) is 39.3 Å². The molecule has 15 nitrogen and oxygen atoms in total. The molecule has 0 aliphatic carbocycles. The van der Waals surface area contributed by atoms with Crippen LogP contribution in [0, 0.1) is 13.8 Å². The van der Waals surface area contributed by atoms with E-state index in [-0.39, 0.29) is 53.3 Å². The van der Waals surface area contributed by atoms with Gasteiger partial charge in [0.05, 0.1) is 23.5 Å². The molecule has 2 N–H and O–H groups in total. The molecule has 0 spiro atoms. The first kappa shape index (κ1) is 31.5. The molecule has 0 bridgehead atoms. The second-order valence-electron chi connectivity index (χ2n) is 8.75. The number of thiophene rings is 1. The lowest BCUT2D eigenvalue weighted by Gasteiger charge is -2.21. The molecule has 0 amide bonds. The molecule has 1 aliphatic rings. The Labute approximate surface area is 248 Å². The fraction of sp³-hybridized carbons (Fsp3) is 0.375. The largest absolute Gasteiger partial charge is 0.510 e. The molecular formula is C24H26ClN3O12S2. The Balaban J connectivity index is 1.50. The Morgan fingerprint density at radius 3 is 2.52 bits per heavy atom. The highest BCUT2D eigenvalue weighted by molar-refractivity contribution is 7.93. The molecule has 18 heteroatoms. The molecule has 0 fully saturated rings. The van der Waals surface area contributed by atoms with Crippen LogP contribution < -0.4 is 13.8 Å². The van der Waals surface area contributed by atoms with E-state index in [9.17, 15) is 18.0 Å². The third kappa shape index (κ3) is 7.30. The van der Waals surface area contributed by atoms with Crippen LogP contribution in [-0.2, 0) is 30.8 Å². The number of carbonyl (C=O) groups is 2. The molecule has 42 heavy (non-hydrogen) atoms. The Morgan fingerprint density at radius 2 is 1.83 bits per heavy atom. The summed E-state index contributed by atoms with van der Waals surface area (Å²) in [6, 6.07) is 4.68. The summed E-state index contributed by atoms with van der Waals surface area (Å²) in [4.78, 5) is 29.5. The average Bonchev–Trinajstić information content (AvgIpc) is 3.68. The van der Waals surface area contributed by atoms with E-state index in [0.29, 0.717) is 27.8 Å². The number of ether oxygens (including phenoxy) is 4. The summed E-state index contributed by atoms with van der Waals surface area (Å²) in [6.45, 7) is 2.26. The first-order valence-electron chi connectivity index (χ1n) is 12.2. The molecule has 2 aromatic heterocycles. The Morgan fingerprint density at radius 1 is 1.12 bits per heavy atom. The molecule has 0 radical (unpaired) electrons. The fourth-order valence-corrected chi connectivity index (χ4v) is 6.61. The predicted molar refractivity (Wildman–Crippen MR) is 143 cm³/mol. The number of Topliss-reactive ketones (excluding diaryl/α,β-unsaturated/α-hetero) is 1. The maximum absolute atomic E-state index is 13.9. The smallest absolute Gasteiger partial charge is 0.454 e. The van der Waals surface area contributed by atoms with Gasteiger partial charge in [-0.1, -0.05) is 16.8 Å². The molecule has 4 rings (SSSR count). The zero-order valence-corrected chi connectivity index (χ0v) is 24.7. The molecular weight excluding hydrogens is 622 g/mol. The maximum atomic E-state index is 13.9. The van der Waals surface area contributed by atoms with E-state index >= 15 is 0 Å². The molecule has 0 unspecified atom stereocenters. The first-order chi connectivity index (χ1) is 20.0. The molecule has 1 aliphatic heterocycles. The van der Waals surface area contributed by atoms with Crippen molar-refractivity contribution in [1.29, 1.82) is 0 Å². The number of benzene rings is 1. The number of hydrogen-bond donors (Lipinski definition) is 2. The van der Waals surface area contributed by atoms with Gasteiger partial charge < -0.3 is 23.5 Å². The van der Waals surface area contributed by atoms with Crippen LogP contribution in [0.15, 0.2) is 33.0 Å². The van der Waals surface area contributed by atoms with E-state index in [0.717, 1.165) is 16.9 Å². The summed E-state index contributed by atoms with van der Waals surface area (Å²) in [7, 11) is -4.59. The van der Waals surface area contributed by atoms with Gasteiger partial charge in [0.25, 0.3) is 15.9 Å². The van der Waals surface area contributed by atoms with Crippen LogP contribution in [0.2, 0.25) is 5.02 Å². The van der Waals surface area contributed by atoms with Gasteiger partial charge in [0, 0.05) is 6.42 Å². The lowest BCUT2D eigenvalue weighted by Crippen LogP contribution is -2.35. The zero-order chi connectivity index (χ0) is 30.4. The number of ketones is 1. The molecule has 0 saturated carbocycles. The molecule has 3 aromatic rings. The minimum atomic E-state index is -4.59. The summed E-state index contributed by atoms with van der Waals surface area (Å²) < 4.78 is 54.1. The number of fused-ring (bicyclic) bond motifs is 1. The highest BCUT2D eigenvalue weighted by Gasteiger charge is 2.36. The van der Waals surface area contributed by atoms with Gasteiger partial charge in [-0.25, -0.2) is 13.2 Å². The number of unbranched alkanes of at least 4 members (excludes halogenated alkanes) is 1. The third-order valence-corrected chi connectivity index (χ3v) is 9.17. The average molecular weight is 648 g/mol. The third-order valence-electron chi connectivity index (χ3n) is 5.90. The van der Waals surface area contributed by atoms with Crippen LogP contribution in [0.3, 0.4) is 0 Å². The number of sulfonamides is 1. The standard InChI is InChI=1S/C24H26ClN3O12S2/c1-14-9-18-19(38-13-37-18)11-16(14)10-17(29)22-20(5-8-41-22)42(33,34)27(23-21(25)15(2)26-40-23)12-36-24(30)35-6-3-4-7-39-28(31)32/h5,8-9,11,31-32H,3-4,6-7,10,12-13H2,1-2H3. The van der Waals surface area contributed by atoms with E-state index in [1.807, 2.05) is 0 Å². The number of halogens is 1. The summed E-state index contributed by atoms with van der Waals surface area (Å²) in [5.74, 6) is 0.154. The highest BCUT2D eigenvalue weighted by Crippen LogP contribution is 2.37. The molecule has 228 valence electrons. The number of nitrogens with zero attached hydrogens (tertiary/aromatic N) is 3. The van der Waals surface area contributed by atoms with Gasteiger partial charge in [-0.3, -0.25) is 20.0 Å². The maximum Gasteiger partial charge on any atom is 0.510 e. The van der Waals surface area contributed by atoms with Crippen molar-refractivity contribution in [2.75, 3.05) is 31.0 Å². The lowest BCUT2D eigenvalue weighted by molar-refractivity contribution is -0.492. The van der Waals surface area contributed by atoms with Crippen LogP contribution in [-0.4, -0.2) is 68.1 Å². The van der Waals surface area contributed by atoms with E-state index in [4.69, 9.17) is 45.5 Å². The van der Waals surface area contributed by atoms with Crippen LogP contribution in [0.4, 0.5) is 10.7 Å². The fourth-order valence-electron chi connectivity index (χ4n) is 3.75. The van der Waals surface area contributed by atoms with Gasteiger partial charge in [0.15, 0.2) is 24.0 Å². The van der Waals surface area contributed by atoms with Gasteiger partial charge in [0.1, 0.15) is 15.6 Å². The van der Waals surface area contributed by atoms with E-state index in [2.05, 4.69) is 9.99 Å². The Kier molecular flexibility index (Phi) is 10.3. The van der Waals surface area contributed by atoms with Crippen molar-refractivity contribution in [1.82, 2.24) is 10.5 Å². The van der Waals surface area contributed by atoms with Crippen LogP contribution in [0.5, 0.6) is 11.5 Å². The topological polar surface area (TPSA) is 187 Å². The summed E-state index contributed by atoms with van der Waals surface area (Å²) >= 11 is 7.18. The van der Waals surface area contributed by atoms with Crippen molar-refractivity contribution in [3.05, 3.63) is 50.3 Å². The Hall–Kier alpha value is -3.45. The second-order valence-corrected chi connectivity index (χ2v) is 11.9. The SMILES string of the molecule is Cc1cc2c(cc1CC(=O)c1sccc1S(=O)(=O)N(COC(=O)OCCCCON(O)O)c1onc(C)c1Cl)OCO2. The summed E-state index contributed by atoms with van der Waals surface area (Å²) in [5.41, 5.74) is 1.58. The Bertz CT molecular complexity index is 1540. The van der Waals surface area contributed by atoms with Crippen molar-refractivity contribution in [2.45, 2.75) is 38.0 Å². The summed E-state index contributed by atoms with van der Waals surface area (Å²) in [6.07, 6.45) is -0.731. The normalized spacial score (nSPS) is 12.5. The van der Waals surface area contributed by atoms with Gasteiger partial charge in [-0.15, -0.1) is 11.3 Å². The summed E-state index contributed by atoms with van der Waals surface area (Å²) in [5, 5.41) is 21.5. The lowest BCUT2D eigenvalue weighted by atomic mass is 10.0. The molecule has 0 saturated heterocycles. The zero-order valence-electron chi connectivity index (χ0n) is 22.3. The van der Waals surface area contributed by atoms with E-state index in [1.54, 1.807) is 19.1 Å². The number of hydrogen-bond acceptors (Lipinski definition) is 15. The second kappa shape index (κ2) is 13.7. The van der Waals surface area contributed by atoms with Crippen molar-refractivity contribution in [3.8, 4) is 11.5 Å². The molecule has 3 heterocycles. The van der Waals surface area contributed by atoms with Crippen molar-refractivity contribution >= 4 is 50.8 Å². The quantitative estimate of drug-likeness (QED) is 0.0830. The first-order valence-corrected chi connectivity index (χ1v) is 14.9. The van der Waals surface area contributed by atoms with Gasteiger partial charge in [0.2, 0.25) is 6.79 Å². The van der Waals surface area contributed by atoms with E-state index in [1.165, 1.54) is 18.4 Å². The van der Waals surface area contributed by atoms with Gasteiger partial charge in [-0.05, 0) is 61.4 Å². The number of aromatic nitrogens is 1. The number of carbonyl (C=O) groups excluding carboxylic acids is 2. The van der Waals surface area contributed by atoms with Crippen LogP contribution >= 0.6 is 22.9 Å². The van der Waals surface area contributed by atoms with Crippen molar-refractivity contribution < 1.29 is 56.7 Å². The highest BCUT2D eigenvalue weighted by atomic mass is 35.5.